The molecule has 2 heterocycles. The van der Waals surface area contributed by atoms with E-state index < -0.39 is 0 Å². The van der Waals surface area contributed by atoms with E-state index in [0.717, 1.165) is 19.6 Å². The van der Waals surface area contributed by atoms with E-state index in [1.165, 1.54) is 41.9 Å². The van der Waals surface area contributed by atoms with E-state index in [1.54, 1.807) is 0 Å². The van der Waals surface area contributed by atoms with Crippen molar-refractivity contribution in [2.24, 2.45) is 0 Å². The van der Waals surface area contributed by atoms with Crippen molar-refractivity contribution in [2.75, 3.05) is 18.1 Å². The Labute approximate surface area is 126 Å². The zero-order valence-corrected chi connectivity index (χ0v) is 13.2. The van der Waals surface area contributed by atoms with E-state index in [1.807, 2.05) is 0 Å². The molecule has 1 aromatic rings. The Morgan fingerprint density at radius 3 is 2.75 bits per heavy atom. The zero-order valence-electron chi connectivity index (χ0n) is 12.4. The summed E-state index contributed by atoms with van der Waals surface area (Å²) in [5.74, 6) is 2.54. The second-order valence-electron chi connectivity index (χ2n) is 6.20. The number of rotatable bonds is 3. The molecule has 2 nitrogen and oxygen atoms in total. The normalized spacial score (nSPS) is 25.8. The van der Waals surface area contributed by atoms with Gasteiger partial charge < -0.3 is 10.1 Å². The van der Waals surface area contributed by atoms with Gasteiger partial charge in [-0.05, 0) is 49.7 Å². The van der Waals surface area contributed by atoms with E-state index in [0.29, 0.717) is 6.04 Å². The number of thioether (sulfide) groups is 1. The van der Waals surface area contributed by atoms with Gasteiger partial charge in [-0.25, -0.2) is 0 Å². The molecule has 1 aromatic carbocycles. The molecule has 1 unspecified atom stereocenters. The van der Waals surface area contributed by atoms with Gasteiger partial charge >= 0.3 is 0 Å². The van der Waals surface area contributed by atoms with Gasteiger partial charge in [-0.1, -0.05) is 29.8 Å². The first-order valence-corrected chi connectivity index (χ1v) is 8.92. The summed E-state index contributed by atoms with van der Waals surface area (Å²) in [5, 5.41) is 3.74. The average Bonchev–Trinajstić information content (AvgIpc) is 2.48. The van der Waals surface area contributed by atoms with Crippen LogP contribution in [0.3, 0.4) is 0 Å². The molecule has 2 saturated heterocycles. The van der Waals surface area contributed by atoms with Crippen molar-refractivity contribution >= 4 is 11.8 Å². The lowest BCUT2D eigenvalue weighted by atomic mass is 9.85. The third-order valence-corrected chi connectivity index (χ3v) is 5.60. The van der Waals surface area contributed by atoms with Gasteiger partial charge in [0.1, 0.15) is 0 Å². The topological polar surface area (TPSA) is 21.3 Å². The predicted octanol–water partition coefficient (Wildman–Crippen LogP) is 3.53. The molecule has 2 fully saturated rings. The highest BCUT2D eigenvalue weighted by atomic mass is 32.2. The van der Waals surface area contributed by atoms with Crippen molar-refractivity contribution in [1.82, 2.24) is 5.32 Å². The van der Waals surface area contributed by atoms with Crippen LogP contribution in [0, 0.1) is 6.92 Å². The minimum absolute atomic E-state index is 0.189. The molecule has 0 bridgehead atoms. The standard InChI is InChI=1S/C17H25NOS/c1-14-2-4-15(5-3-14)13-18-16-6-9-19-17(12-16)7-10-20-11-8-17/h2-5,16,18H,6-13H2,1H3. The molecular formula is C17H25NOS. The molecule has 0 aliphatic carbocycles. The van der Waals surface area contributed by atoms with Gasteiger partial charge in [0.05, 0.1) is 5.60 Å². The van der Waals surface area contributed by atoms with Crippen molar-refractivity contribution in [3.05, 3.63) is 35.4 Å². The molecule has 1 N–H and O–H groups in total. The summed E-state index contributed by atoms with van der Waals surface area (Å²) in [4.78, 5) is 0. The number of hydrogen-bond donors (Lipinski definition) is 1. The van der Waals surface area contributed by atoms with Crippen LogP contribution < -0.4 is 5.32 Å². The Hall–Kier alpha value is -0.510. The molecular weight excluding hydrogens is 266 g/mol. The summed E-state index contributed by atoms with van der Waals surface area (Å²) < 4.78 is 6.15. The van der Waals surface area contributed by atoms with Crippen molar-refractivity contribution in [3.63, 3.8) is 0 Å². The first kappa shape index (κ1) is 14.4. The van der Waals surface area contributed by atoms with Gasteiger partial charge in [-0.2, -0.15) is 11.8 Å². The second-order valence-corrected chi connectivity index (χ2v) is 7.42. The van der Waals surface area contributed by atoms with Crippen LogP contribution in [-0.4, -0.2) is 29.8 Å². The van der Waals surface area contributed by atoms with Gasteiger partial charge in [-0.3, -0.25) is 0 Å². The largest absolute Gasteiger partial charge is 0.375 e. The molecule has 2 aliphatic heterocycles. The first-order valence-electron chi connectivity index (χ1n) is 7.76. The summed E-state index contributed by atoms with van der Waals surface area (Å²) >= 11 is 2.07. The lowest BCUT2D eigenvalue weighted by Crippen LogP contribution is -2.48. The average molecular weight is 291 g/mol. The first-order chi connectivity index (χ1) is 9.76. The Morgan fingerprint density at radius 1 is 1.25 bits per heavy atom. The minimum Gasteiger partial charge on any atom is -0.375 e. The van der Waals surface area contributed by atoms with E-state index in [-0.39, 0.29) is 5.60 Å². The van der Waals surface area contributed by atoms with Crippen LogP contribution in [0.2, 0.25) is 0 Å². The maximum absolute atomic E-state index is 6.15. The van der Waals surface area contributed by atoms with Crippen molar-refractivity contribution in [2.45, 2.75) is 50.8 Å². The van der Waals surface area contributed by atoms with Crippen LogP contribution >= 0.6 is 11.8 Å². The SMILES string of the molecule is Cc1ccc(CNC2CCOC3(CCSCC3)C2)cc1. The minimum atomic E-state index is 0.189. The van der Waals surface area contributed by atoms with Gasteiger partial charge in [0.2, 0.25) is 0 Å². The van der Waals surface area contributed by atoms with Crippen molar-refractivity contribution in [1.29, 1.82) is 0 Å². The van der Waals surface area contributed by atoms with Crippen molar-refractivity contribution in [3.8, 4) is 0 Å². The molecule has 20 heavy (non-hydrogen) atoms. The van der Waals surface area contributed by atoms with Crippen LogP contribution in [0.15, 0.2) is 24.3 Å². The van der Waals surface area contributed by atoms with Crippen LogP contribution in [0.1, 0.15) is 36.8 Å². The smallest absolute Gasteiger partial charge is 0.0713 e. The molecule has 0 amide bonds. The summed E-state index contributed by atoms with van der Waals surface area (Å²) in [7, 11) is 0. The van der Waals surface area contributed by atoms with Crippen LogP contribution in [0.5, 0.6) is 0 Å². The maximum Gasteiger partial charge on any atom is 0.0713 e. The molecule has 110 valence electrons. The summed E-state index contributed by atoms with van der Waals surface area (Å²) in [6, 6.07) is 9.47. The Kier molecular flexibility index (Phi) is 4.69. The van der Waals surface area contributed by atoms with Crippen LogP contribution in [0.4, 0.5) is 0 Å². The van der Waals surface area contributed by atoms with Crippen LogP contribution in [-0.2, 0) is 11.3 Å². The fraction of sp³-hybridized carbons (Fsp3) is 0.647. The lowest BCUT2D eigenvalue weighted by Gasteiger charge is -2.43. The summed E-state index contributed by atoms with van der Waals surface area (Å²) in [5.41, 5.74) is 2.91. The fourth-order valence-electron chi connectivity index (χ4n) is 3.26. The van der Waals surface area contributed by atoms with E-state index in [2.05, 4.69) is 48.3 Å². The van der Waals surface area contributed by atoms with E-state index in [4.69, 9.17) is 4.74 Å². The highest BCUT2D eigenvalue weighted by molar-refractivity contribution is 7.99. The number of aryl methyl sites for hydroxylation is 1. The van der Waals surface area contributed by atoms with E-state index in [9.17, 15) is 0 Å². The monoisotopic (exact) mass is 291 g/mol. The summed E-state index contributed by atoms with van der Waals surface area (Å²) in [6.07, 6.45) is 4.82. The molecule has 3 heteroatoms. The quantitative estimate of drug-likeness (QED) is 0.920. The number of benzene rings is 1. The highest BCUT2D eigenvalue weighted by Gasteiger charge is 2.38. The third kappa shape index (κ3) is 3.57. The van der Waals surface area contributed by atoms with E-state index >= 15 is 0 Å². The molecule has 0 radical (unpaired) electrons. The third-order valence-electron chi connectivity index (χ3n) is 4.61. The van der Waals surface area contributed by atoms with Gasteiger partial charge in [-0.15, -0.1) is 0 Å². The number of hydrogen-bond acceptors (Lipinski definition) is 3. The Bertz CT molecular complexity index is 420. The fourth-order valence-corrected chi connectivity index (χ4v) is 4.50. The maximum atomic E-state index is 6.15. The van der Waals surface area contributed by atoms with Gasteiger partial charge in [0, 0.05) is 19.2 Å². The molecule has 1 atom stereocenters. The molecule has 0 aromatic heterocycles. The highest BCUT2D eigenvalue weighted by Crippen LogP contribution is 2.37. The number of ether oxygens (including phenoxy) is 1. The van der Waals surface area contributed by atoms with Gasteiger partial charge in [0.15, 0.2) is 0 Å². The summed E-state index contributed by atoms with van der Waals surface area (Å²) in [6.45, 7) is 4.05. The van der Waals surface area contributed by atoms with Gasteiger partial charge in [0.25, 0.3) is 0 Å². The van der Waals surface area contributed by atoms with Crippen LogP contribution in [0.25, 0.3) is 0 Å². The molecule has 1 spiro atoms. The zero-order chi connectivity index (χ0) is 13.8. The Balaban J connectivity index is 1.53. The second kappa shape index (κ2) is 6.50. The molecule has 3 rings (SSSR count). The van der Waals surface area contributed by atoms with Crippen molar-refractivity contribution < 1.29 is 4.74 Å². The Morgan fingerprint density at radius 2 is 2.00 bits per heavy atom. The molecule has 0 saturated carbocycles. The molecule has 2 aliphatic rings. The lowest BCUT2D eigenvalue weighted by molar-refractivity contribution is -0.0933. The predicted molar refractivity (Wildman–Crippen MR) is 86.3 cm³/mol. The number of nitrogens with one attached hydrogen (secondary N) is 1.